The summed E-state index contributed by atoms with van der Waals surface area (Å²) in [5, 5.41) is 2.96. The van der Waals surface area contributed by atoms with Crippen LogP contribution in [0.2, 0.25) is 0 Å². The van der Waals surface area contributed by atoms with Gasteiger partial charge in [0.2, 0.25) is 0 Å². The lowest BCUT2D eigenvalue weighted by molar-refractivity contribution is 0.0677. The first kappa shape index (κ1) is 54.0. The van der Waals surface area contributed by atoms with E-state index >= 15 is 8.78 Å². The minimum absolute atomic E-state index is 0.289. The van der Waals surface area contributed by atoms with Gasteiger partial charge in [0.1, 0.15) is 85.8 Å². The van der Waals surface area contributed by atoms with Gasteiger partial charge in [-0.15, -0.1) is 22.7 Å². The number of benzene rings is 4. The van der Waals surface area contributed by atoms with E-state index in [1.807, 2.05) is 0 Å². The first-order valence-corrected chi connectivity index (χ1v) is 32.6. The number of ether oxygens (including phenoxy) is 2. The number of nitrogens with zero attached hydrogens (tertiary/aromatic N) is 4. The van der Waals surface area contributed by atoms with Gasteiger partial charge in [-0.25, -0.2) is 61.2 Å². The molecule has 6 aromatic rings. The molecule has 2 saturated heterocycles. The van der Waals surface area contributed by atoms with E-state index in [0.717, 1.165) is 11.1 Å². The summed E-state index contributed by atoms with van der Waals surface area (Å²) in [6, 6.07) is 15.5. The molecule has 6 atom stereocenters. The Morgan fingerprint density at radius 1 is 0.541 bits per heavy atom. The molecule has 24 heteroatoms. The fourth-order valence-corrected chi connectivity index (χ4v) is 17.3. The summed E-state index contributed by atoms with van der Waals surface area (Å²) in [4.78, 5) is 11.3. The molecule has 14 nitrogen and oxygen atoms in total. The predicted molar refractivity (Wildman–Crippen MR) is 272 cm³/mol. The van der Waals surface area contributed by atoms with Crippen molar-refractivity contribution in [1.29, 1.82) is 0 Å². The van der Waals surface area contributed by atoms with Gasteiger partial charge in [0.05, 0.1) is 23.7 Å². The molecule has 0 N–H and O–H groups in total. The highest BCUT2D eigenvalue weighted by Gasteiger charge is 2.42. The Balaban J connectivity index is 0.000000182. The highest BCUT2D eigenvalue weighted by Crippen LogP contribution is 2.48. The molecule has 4 aliphatic heterocycles. The van der Waals surface area contributed by atoms with Crippen molar-refractivity contribution in [2.45, 2.75) is 94.5 Å². The van der Waals surface area contributed by atoms with Gasteiger partial charge >= 0.3 is 0 Å². The molecule has 74 heavy (non-hydrogen) atoms. The van der Waals surface area contributed by atoms with Crippen molar-refractivity contribution < 1.29 is 60.7 Å². The van der Waals surface area contributed by atoms with Crippen LogP contribution in [-0.2, 0) is 50.9 Å². The van der Waals surface area contributed by atoms with E-state index in [9.17, 15) is 42.5 Å². The average Bonchev–Trinajstić information content (AvgIpc) is 4.08. The van der Waals surface area contributed by atoms with Crippen LogP contribution in [0.5, 0.6) is 11.5 Å². The molecule has 0 saturated carbocycles. The molecule has 2 fully saturated rings. The van der Waals surface area contributed by atoms with Gasteiger partial charge in [0.25, 0.3) is 0 Å². The fraction of sp³-hybridized carbons (Fsp3) is 0.400. The Hall–Kier alpha value is -4.82. The molecule has 6 heterocycles. The van der Waals surface area contributed by atoms with Gasteiger partial charge in [-0.05, 0) is 73.2 Å². The van der Waals surface area contributed by atoms with Crippen LogP contribution in [0.15, 0.2) is 106 Å². The SMILES string of the molecule is CS(=O)(=O)[C@@H]1CCN([C@@H]2CCOc3cc(S(=O)(=O)Cc4nccs4)c(F)cc32)[C@H](c2ccc(F)cc2)C1.CS(=O)(=O)[C@@H]1CCN([C@H]2CCOc3cc(S(=O)(=O)Cc4nccs4)c(F)cc32)[C@H](c2ccc(F)cc2)C1. The summed E-state index contributed by atoms with van der Waals surface area (Å²) in [6.45, 7) is 1.43. The molecule has 2 aromatic heterocycles. The largest absolute Gasteiger partial charge is 0.493 e. The van der Waals surface area contributed by atoms with Crippen molar-refractivity contribution >= 4 is 62.0 Å². The molecular weight excluding hydrogens is 1080 g/mol. The number of hydrogen-bond donors (Lipinski definition) is 0. The van der Waals surface area contributed by atoms with Crippen LogP contribution >= 0.6 is 22.7 Å². The third kappa shape index (κ3) is 11.9. The Bertz CT molecular complexity index is 3220. The third-order valence-electron chi connectivity index (χ3n) is 14.1. The van der Waals surface area contributed by atoms with Gasteiger partial charge < -0.3 is 9.47 Å². The van der Waals surface area contributed by atoms with Gasteiger partial charge in [-0.2, -0.15) is 0 Å². The van der Waals surface area contributed by atoms with E-state index < -0.39 is 94.4 Å². The molecule has 0 amide bonds. The smallest absolute Gasteiger partial charge is 0.187 e. The second-order valence-corrected chi connectivity index (χ2v) is 29.4. The number of fused-ring (bicyclic) bond motifs is 2. The van der Waals surface area contributed by atoms with Crippen LogP contribution in [-0.4, -0.2) is 103 Å². The molecule has 10 rings (SSSR count). The first-order chi connectivity index (χ1) is 35.1. The van der Waals surface area contributed by atoms with Crippen LogP contribution in [0.1, 0.15) is 95.0 Å². The quantitative estimate of drug-likeness (QED) is 0.106. The van der Waals surface area contributed by atoms with Gasteiger partial charge in [0, 0.05) is 109 Å². The van der Waals surface area contributed by atoms with Gasteiger partial charge in [-0.3, -0.25) is 9.80 Å². The van der Waals surface area contributed by atoms with E-state index in [2.05, 4.69) is 19.8 Å². The van der Waals surface area contributed by atoms with Crippen molar-refractivity contribution in [2.75, 3.05) is 38.8 Å². The van der Waals surface area contributed by atoms with Crippen LogP contribution in [0, 0.1) is 23.3 Å². The number of piperidine rings is 2. The summed E-state index contributed by atoms with van der Waals surface area (Å²) < 4.78 is 171. The number of thiazole rings is 2. The summed E-state index contributed by atoms with van der Waals surface area (Å²) >= 11 is 2.36. The second-order valence-electron chi connectivity index (χ2n) is 18.9. The van der Waals surface area contributed by atoms with E-state index in [-0.39, 0.29) is 37.4 Å². The van der Waals surface area contributed by atoms with E-state index in [1.54, 1.807) is 35.0 Å². The van der Waals surface area contributed by atoms with Gasteiger partial charge in [0.15, 0.2) is 19.7 Å². The lowest BCUT2D eigenvalue weighted by atomic mass is 9.89. The summed E-state index contributed by atoms with van der Waals surface area (Å²) in [5.41, 5.74) is 2.57. The van der Waals surface area contributed by atoms with Crippen LogP contribution in [0.4, 0.5) is 17.6 Å². The van der Waals surface area contributed by atoms with Crippen molar-refractivity contribution in [2.24, 2.45) is 0 Å². The lowest BCUT2D eigenvalue weighted by Crippen LogP contribution is -2.44. The van der Waals surface area contributed by atoms with Crippen molar-refractivity contribution in [3.05, 3.63) is 151 Å². The third-order valence-corrected chi connectivity index (χ3v) is 22.6. The first-order valence-electron chi connectivity index (χ1n) is 23.6. The number of aromatic nitrogens is 2. The number of halogens is 4. The van der Waals surface area contributed by atoms with Crippen molar-refractivity contribution in [3.63, 3.8) is 0 Å². The Labute approximate surface area is 436 Å². The normalized spacial score (nSPS) is 22.8. The zero-order chi connectivity index (χ0) is 52.7. The Morgan fingerprint density at radius 2 is 0.919 bits per heavy atom. The van der Waals surface area contributed by atoms with E-state index in [1.165, 1.54) is 96.1 Å². The van der Waals surface area contributed by atoms with Crippen LogP contribution in [0.3, 0.4) is 0 Å². The lowest BCUT2D eigenvalue weighted by Gasteiger charge is -2.45. The summed E-state index contributed by atoms with van der Waals surface area (Å²) in [5.74, 6) is -2.75. The van der Waals surface area contributed by atoms with Gasteiger partial charge in [-0.1, -0.05) is 24.3 Å². The van der Waals surface area contributed by atoms with Crippen molar-refractivity contribution in [3.8, 4) is 11.5 Å². The van der Waals surface area contributed by atoms with Crippen LogP contribution in [0.25, 0.3) is 0 Å². The fourth-order valence-electron chi connectivity index (χ4n) is 10.5. The van der Waals surface area contributed by atoms with Crippen LogP contribution < -0.4 is 9.47 Å². The molecule has 0 unspecified atom stereocenters. The molecule has 4 aliphatic rings. The maximum Gasteiger partial charge on any atom is 0.187 e. The molecule has 0 spiro atoms. The summed E-state index contributed by atoms with van der Waals surface area (Å²) in [7, 11) is -14.6. The molecule has 396 valence electrons. The Kier molecular flexibility index (Phi) is 15.8. The predicted octanol–water partition coefficient (Wildman–Crippen LogP) is 8.94. The summed E-state index contributed by atoms with van der Waals surface area (Å²) in [6.07, 6.45) is 7.92. The Morgan fingerprint density at radius 3 is 1.26 bits per heavy atom. The minimum Gasteiger partial charge on any atom is -0.493 e. The number of hydrogen-bond acceptors (Lipinski definition) is 16. The topological polar surface area (TPSA) is 187 Å². The highest BCUT2D eigenvalue weighted by atomic mass is 32.2. The maximum absolute atomic E-state index is 15.3. The molecule has 0 aliphatic carbocycles. The second kappa shape index (κ2) is 21.7. The molecule has 0 radical (unpaired) electrons. The molecular formula is C50H52F4N4O10S6. The zero-order valence-corrected chi connectivity index (χ0v) is 44.9. The van der Waals surface area contributed by atoms with E-state index in [4.69, 9.17) is 9.47 Å². The number of likely N-dealkylation sites (tertiary alicyclic amines) is 2. The monoisotopic (exact) mass is 1140 g/mol. The molecule has 0 bridgehead atoms. The number of sulfone groups is 4. The maximum atomic E-state index is 15.3. The van der Waals surface area contributed by atoms with Crippen molar-refractivity contribution in [1.82, 2.24) is 19.8 Å². The minimum atomic E-state index is -3.99. The molecule has 4 aromatic carbocycles. The van der Waals surface area contributed by atoms with E-state index in [0.29, 0.717) is 84.3 Å². The zero-order valence-electron chi connectivity index (χ0n) is 40.0. The highest BCUT2D eigenvalue weighted by molar-refractivity contribution is 7.92. The average molecular weight is 1140 g/mol. The number of rotatable bonds is 12. The standard InChI is InChI=1S/2C25H26F2N2O5S3/c2*1-36(30,31)18-6-9-29(22(12-18)16-2-4-17(26)5-3-16)21-7-10-34-23-14-24(20(27)13-19(21)23)37(32,33)15-25-28-8-11-35-25/h2*2-5,8,11,13-14,18,21-22H,6-7,9-10,12,15H2,1H3/t18-,21+,22+;18-,21-,22+/m11/s1.